The van der Waals surface area contributed by atoms with Crippen LogP contribution in [0.3, 0.4) is 0 Å². The summed E-state index contributed by atoms with van der Waals surface area (Å²) in [6.07, 6.45) is 2.56. The van der Waals surface area contributed by atoms with Gasteiger partial charge in [0, 0.05) is 11.8 Å². The molecule has 0 radical (unpaired) electrons. The van der Waals surface area contributed by atoms with Crippen molar-refractivity contribution in [3.8, 4) is 11.5 Å². The van der Waals surface area contributed by atoms with Gasteiger partial charge >= 0.3 is 0 Å². The van der Waals surface area contributed by atoms with E-state index in [1.807, 2.05) is 12.1 Å². The maximum atomic E-state index is 6.00. The third-order valence-electron chi connectivity index (χ3n) is 2.51. The van der Waals surface area contributed by atoms with Crippen molar-refractivity contribution in [2.24, 2.45) is 0 Å². The fourth-order valence-electron chi connectivity index (χ4n) is 1.49. The number of halogens is 2. The van der Waals surface area contributed by atoms with Crippen molar-refractivity contribution in [2.45, 2.75) is 20.3 Å². The van der Waals surface area contributed by atoms with Crippen LogP contribution in [0.25, 0.3) is 11.5 Å². The van der Waals surface area contributed by atoms with Crippen molar-refractivity contribution in [2.75, 3.05) is 0 Å². The lowest BCUT2D eigenvalue weighted by Gasteiger charge is -2.07. The standard InChI is InChI=1S/C12H11Cl2N3/c1-3-8-5-4-6-15-9(8)12-16-10(13)7(2)11(14)17-12/h4-6H,3H2,1-2H3. The maximum Gasteiger partial charge on any atom is 0.181 e. The van der Waals surface area contributed by atoms with E-state index in [2.05, 4.69) is 21.9 Å². The molecule has 5 heteroatoms. The molecule has 0 fully saturated rings. The van der Waals surface area contributed by atoms with E-state index < -0.39 is 0 Å². The number of hydrogen-bond donors (Lipinski definition) is 0. The second-order valence-corrected chi connectivity index (χ2v) is 4.33. The van der Waals surface area contributed by atoms with Crippen LogP contribution in [-0.4, -0.2) is 15.0 Å². The second-order valence-electron chi connectivity index (χ2n) is 3.62. The Kier molecular flexibility index (Phi) is 3.60. The number of aryl methyl sites for hydroxylation is 1. The van der Waals surface area contributed by atoms with E-state index in [1.54, 1.807) is 13.1 Å². The third kappa shape index (κ3) is 2.40. The van der Waals surface area contributed by atoms with Gasteiger partial charge in [-0.1, -0.05) is 36.2 Å². The largest absolute Gasteiger partial charge is 0.253 e. The molecule has 0 bridgehead atoms. The van der Waals surface area contributed by atoms with Gasteiger partial charge in [-0.05, 0) is 25.0 Å². The maximum absolute atomic E-state index is 6.00. The van der Waals surface area contributed by atoms with Crippen LogP contribution in [-0.2, 0) is 6.42 Å². The van der Waals surface area contributed by atoms with E-state index in [0.29, 0.717) is 21.7 Å². The fraction of sp³-hybridized carbons (Fsp3) is 0.250. The summed E-state index contributed by atoms with van der Waals surface area (Å²) >= 11 is 12.0. The highest BCUT2D eigenvalue weighted by Crippen LogP contribution is 2.25. The number of aromatic nitrogens is 3. The molecule has 0 atom stereocenters. The Morgan fingerprint density at radius 1 is 1.18 bits per heavy atom. The topological polar surface area (TPSA) is 38.7 Å². The molecule has 2 rings (SSSR count). The first-order chi connectivity index (χ1) is 8.13. The molecule has 0 aromatic carbocycles. The minimum Gasteiger partial charge on any atom is -0.253 e. The van der Waals surface area contributed by atoms with Crippen LogP contribution in [0, 0.1) is 6.92 Å². The lowest BCUT2D eigenvalue weighted by molar-refractivity contribution is 1.06. The summed E-state index contributed by atoms with van der Waals surface area (Å²) in [6, 6.07) is 3.88. The van der Waals surface area contributed by atoms with Gasteiger partial charge in [-0.3, -0.25) is 4.98 Å². The zero-order valence-electron chi connectivity index (χ0n) is 9.54. The zero-order valence-corrected chi connectivity index (χ0v) is 11.0. The summed E-state index contributed by atoms with van der Waals surface area (Å²) in [4.78, 5) is 12.7. The first kappa shape index (κ1) is 12.3. The van der Waals surface area contributed by atoms with Gasteiger partial charge in [0.25, 0.3) is 0 Å². The second kappa shape index (κ2) is 4.98. The van der Waals surface area contributed by atoms with Crippen LogP contribution in [0.5, 0.6) is 0 Å². The first-order valence-electron chi connectivity index (χ1n) is 5.27. The molecule has 88 valence electrons. The Hall–Kier alpha value is -1.19. The van der Waals surface area contributed by atoms with Crippen molar-refractivity contribution >= 4 is 23.2 Å². The lowest BCUT2D eigenvalue weighted by Crippen LogP contribution is -1.98. The van der Waals surface area contributed by atoms with Gasteiger partial charge in [0.05, 0.1) is 0 Å². The molecule has 0 aliphatic rings. The highest BCUT2D eigenvalue weighted by atomic mass is 35.5. The predicted octanol–water partition coefficient (Wildman–Crippen LogP) is 3.72. The van der Waals surface area contributed by atoms with Crippen molar-refractivity contribution in [3.63, 3.8) is 0 Å². The molecule has 2 aromatic heterocycles. The van der Waals surface area contributed by atoms with Crippen LogP contribution in [0.2, 0.25) is 10.3 Å². The summed E-state index contributed by atoms with van der Waals surface area (Å²) in [7, 11) is 0. The van der Waals surface area contributed by atoms with Crippen molar-refractivity contribution in [3.05, 3.63) is 39.8 Å². The lowest BCUT2D eigenvalue weighted by atomic mass is 10.1. The minimum atomic E-state index is 0.368. The van der Waals surface area contributed by atoms with E-state index in [9.17, 15) is 0 Å². The molecule has 17 heavy (non-hydrogen) atoms. The average molecular weight is 268 g/mol. The summed E-state index contributed by atoms with van der Waals surface area (Å²) in [5.41, 5.74) is 2.49. The Morgan fingerprint density at radius 2 is 1.82 bits per heavy atom. The smallest absolute Gasteiger partial charge is 0.181 e. The van der Waals surface area contributed by atoms with Gasteiger partial charge in [0.1, 0.15) is 16.0 Å². The van der Waals surface area contributed by atoms with Crippen LogP contribution < -0.4 is 0 Å². The molecule has 0 unspecified atom stereocenters. The number of pyridine rings is 1. The van der Waals surface area contributed by atoms with Gasteiger partial charge in [0.15, 0.2) is 5.82 Å². The first-order valence-corrected chi connectivity index (χ1v) is 6.03. The van der Waals surface area contributed by atoms with Crippen molar-refractivity contribution < 1.29 is 0 Å². The summed E-state index contributed by atoms with van der Waals surface area (Å²) < 4.78 is 0. The van der Waals surface area contributed by atoms with Gasteiger partial charge in [-0.25, -0.2) is 9.97 Å². The summed E-state index contributed by atoms with van der Waals surface area (Å²) in [5, 5.41) is 0.736. The van der Waals surface area contributed by atoms with E-state index in [-0.39, 0.29) is 0 Å². The average Bonchev–Trinajstić information content (AvgIpc) is 2.35. The molecule has 0 aliphatic carbocycles. The van der Waals surface area contributed by atoms with Gasteiger partial charge in [0.2, 0.25) is 0 Å². The monoisotopic (exact) mass is 267 g/mol. The Morgan fingerprint density at radius 3 is 2.41 bits per heavy atom. The van der Waals surface area contributed by atoms with Gasteiger partial charge in [-0.15, -0.1) is 0 Å². The third-order valence-corrected chi connectivity index (χ3v) is 3.25. The molecule has 0 amide bonds. The highest BCUT2D eigenvalue weighted by molar-refractivity contribution is 6.34. The molecule has 0 saturated carbocycles. The minimum absolute atomic E-state index is 0.368. The number of nitrogens with zero attached hydrogens (tertiary/aromatic N) is 3. The normalized spacial score (nSPS) is 10.6. The van der Waals surface area contributed by atoms with Crippen molar-refractivity contribution in [1.29, 1.82) is 0 Å². The van der Waals surface area contributed by atoms with Crippen LogP contribution >= 0.6 is 23.2 Å². The molecule has 3 nitrogen and oxygen atoms in total. The van der Waals surface area contributed by atoms with E-state index in [1.165, 1.54) is 0 Å². The zero-order chi connectivity index (χ0) is 12.4. The molecule has 0 spiro atoms. The Bertz CT molecular complexity index is 532. The molecule has 0 saturated heterocycles. The Balaban J connectivity index is 2.61. The molecule has 0 N–H and O–H groups in total. The quantitative estimate of drug-likeness (QED) is 0.779. The predicted molar refractivity (Wildman–Crippen MR) is 69.4 cm³/mol. The van der Waals surface area contributed by atoms with E-state index in [0.717, 1.165) is 17.7 Å². The van der Waals surface area contributed by atoms with Gasteiger partial charge < -0.3 is 0 Å². The van der Waals surface area contributed by atoms with Crippen molar-refractivity contribution in [1.82, 2.24) is 15.0 Å². The molecular formula is C12H11Cl2N3. The fourth-order valence-corrected chi connectivity index (χ4v) is 1.88. The summed E-state index contributed by atoms with van der Waals surface area (Å²) in [6.45, 7) is 3.84. The molecule has 2 heterocycles. The molecule has 0 aliphatic heterocycles. The van der Waals surface area contributed by atoms with Crippen LogP contribution in [0.4, 0.5) is 0 Å². The summed E-state index contributed by atoms with van der Waals surface area (Å²) in [5.74, 6) is 0.475. The SMILES string of the molecule is CCc1cccnc1-c1nc(Cl)c(C)c(Cl)n1. The van der Waals surface area contributed by atoms with Gasteiger partial charge in [-0.2, -0.15) is 0 Å². The van der Waals surface area contributed by atoms with Crippen LogP contribution in [0.1, 0.15) is 18.1 Å². The highest BCUT2D eigenvalue weighted by Gasteiger charge is 2.12. The van der Waals surface area contributed by atoms with E-state index >= 15 is 0 Å². The van der Waals surface area contributed by atoms with Crippen LogP contribution in [0.15, 0.2) is 18.3 Å². The van der Waals surface area contributed by atoms with E-state index in [4.69, 9.17) is 23.2 Å². The molecular weight excluding hydrogens is 257 g/mol. The number of hydrogen-bond acceptors (Lipinski definition) is 3. The molecule has 2 aromatic rings. The Labute approximate surface area is 110 Å². The number of rotatable bonds is 2.